The van der Waals surface area contributed by atoms with Gasteiger partial charge >= 0.3 is 18.0 Å². The molecule has 3 atom stereocenters. The number of rotatable bonds is 13. The van der Waals surface area contributed by atoms with Gasteiger partial charge in [-0.1, -0.05) is 54.1 Å². The molecule has 0 aliphatic carbocycles. The van der Waals surface area contributed by atoms with E-state index in [0.29, 0.717) is 50.9 Å². The fourth-order valence-electron chi connectivity index (χ4n) is 11.0. The first-order chi connectivity index (χ1) is 37.0. The molecule has 0 radical (unpaired) electrons. The fourth-order valence-corrected chi connectivity index (χ4v) is 14.4. The topological polar surface area (TPSA) is 210 Å². The highest BCUT2D eigenvalue weighted by Crippen LogP contribution is 2.49. The summed E-state index contributed by atoms with van der Waals surface area (Å²) in [6.07, 6.45) is 0.980. The molecule has 9 rings (SSSR count). The van der Waals surface area contributed by atoms with E-state index >= 15 is 8.78 Å². The highest BCUT2D eigenvalue weighted by atomic mass is 35.5. The number of anilines is 3. The van der Waals surface area contributed by atoms with Crippen LogP contribution in [-0.4, -0.2) is 114 Å². The van der Waals surface area contributed by atoms with Gasteiger partial charge in [-0.3, -0.25) is 24.6 Å². The summed E-state index contributed by atoms with van der Waals surface area (Å²) in [4.78, 5) is 81.0. The van der Waals surface area contributed by atoms with Gasteiger partial charge in [0.2, 0.25) is 21.8 Å². The van der Waals surface area contributed by atoms with Crippen LogP contribution in [0.1, 0.15) is 125 Å². The molecule has 3 saturated heterocycles. The number of esters is 2. The van der Waals surface area contributed by atoms with Crippen LogP contribution in [0.4, 0.5) is 30.6 Å². The van der Waals surface area contributed by atoms with Gasteiger partial charge in [0.1, 0.15) is 22.3 Å². The van der Waals surface area contributed by atoms with E-state index in [1.807, 2.05) is 38.1 Å². The average Bonchev–Trinajstić information content (AvgIpc) is 3.92. The number of thiophene rings is 1. The summed E-state index contributed by atoms with van der Waals surface area (Å²) < 4.78 is 79.5. The van der Waals surface area contributed by atoms with Crippen molar-refractivity contribution in [2.24, 2.45) is 0 Å². The van der Waals surface area contributed by atoms with E-state index in [-0.39, 0.29) is 71.0 Å². The fraction of sp³-hybridized carbons (Fsp3) is 0.439. The van der Waals surface area contributed by atoms with Crippen molar-refractivity contribution in [3.8, 4) is 16.2 Å². The van der Waals surface area contributed by atoms with Crippen molar-refractivity contribution in [3.05, 3.63) is 105 Å². The zero-order valence-corrected chi connectivity index (χ0v) is 47.5. The second-order valence-corrected chi connectivity index (χ2v) is 26.3. The normalized spacial score (nSPS) is 20.4. The molecule has 79 heavy (non-hydrogen) atoms. The number of amides is 5. The molecule has 5 aromatic rings. The smallest absolute Gasteiger partial charge is 0.352 e. The lowest BCUT2D eigenvalue weighted by atomic mass is 9.83. The van der Waals surface area contributed by atoms with Crippen molar-refractivity contribution in [2.45, 2.75) is 134 Å². The summed E-state index contributed by atoms with van der Waals surface area (Å²) in [7, 11) is -3.93. The van der Waals surface area contributed by atoms with Crippen molar-refractivity contribution < 1.29 is 60.2 Å². The van der Waals surface area contributed by atoms with Gasteiger partial charge in [0.15, 0.2) is 17.2 Å². The first-order valence-corrected chi connectivity index (χ1v) is 28.8. The van der Waals surface area contributed by atoms with Gasteiger partial charge in [-0.05, 0) is 140 Å². The molecule has 3 fully saturated rings. The maximum absolute atomic E-state index is 16.4. The molecule has 2 unspecified atom stereocenters. The SMILES string of the molecule is CC(C)(C)OC(=O)COc1c(C(=O)OC(C)(C)C)sc(-c2cccc(N[C@H]3CCN(S(=O)(=O)Cc4cccc(NC(=O)N5CCC(c6ccc7c8c(cccc68)N(C6CCC(=O)NC6=O)C7=O)C(F)(F)C5)c4)C(C)(C)C3)c2)c1Cl. The second kappa shape index (κ2) is 21.4. The van der Waals surface area contributed by atoms with Crippen LogP contribution in [0.2, 0.25) is 5.02 Å². The van der Waals surface area contributed by atoms with E-state index in [1.165, 1.54) is 27.4 Å². The molecule has 420 valence electrons. The maximum Gasteiger partial charge on any atom is 0.352 e. The Morgan fingerprint density at radius 2 is 1.58 bits per heavy atom. The Hall–Kier alpha value is -6.68. The van der Waals surface area contributed by atoms with Crippen molar-refractivity contribution in [3.63, 3.8) is 0 Å². The van der Waals surface area contributed by atoms with Gasteiger partial charge in [-0.15, -0.1) is 11.3 Å². The predicted molar refractivity (Wildman–Crippen MR) is 298 cm³/mol. The third-order valence-electron chi connectivity index (χ3n) is 14.2. The Kier molecular flexibility index (Phi) is 15.5. The Morgan fingerprint density at radius 3 is 2.28 bits per heavy atom. The Balaban J connectivity index is 0.824. The summed E-state index contributed by atoms with van der Waals surface area (Å²) >= 11 is 7.98. The zero-order valence-electron chi connectivity index (χ0n) is 45.1. The Morgan fingerprint density at radius 1 is 0.873 bits per heavy atom. The molecular formula is C57H63ClF2N6O11S2. The Bertz CT molecular complexity index is 3410. The molecular weight excluding hydrogens is 1080 g/mol. The number of hydrogen-bond acceptors (Lipinski definition) is 13. The van der Waals surface area contributed by atoms with Crippen molar-refractivity contribution >= 4 is 96.5 Å². The number of piperidine rings is 3. The van der Waals surface area contributed by atoms with Gasteiger partial charge in [-0.25, -0.2) is 31.6 Å². The van der Waals surface area contributed by atoms with E-state index in [2.05, 4.69) is 16.0 Å². The molecule has 1 aromatic heterocycles. The summed E-state index contributed by atoms with van der Waals surface area (Å²) in [6.45, 7) is 12.9. The van der Waals surface area contributed by atoms with Crippen LogP contribution in [0.25, 0.3) is 21.2 Å². The number of likely N-dealkylation sites (tertiary alicyclic amines) is 1. The van der Waals surface area contributed by atoms with Crippen molar-refractivity contribution in [2.75, 3.05) is 41.8 Å². The van der Waals surface area contributed by atoms with E-state index in [0.717, 1.165) is 21.9 Å². The molecule has 17 nitrogen and oxygen atoms in total. The van der Waals surface area contributed by atoms with Crippen LogP contribution in [0, 0.1) is 0 Å². The number of benzene rings is 4. The van der Waals surface area contributed by atoms with Gasteiger partial charge in [-0.2, -0.15) is 4.31 Å². The van der Waals surface area contributed by atoms with Crippen LogP contribution in [0.5, 0.6) is 5.75 Å². The molecule has 22 heteroatoms. The van der Waals surface area contributed by atoms with Gasteiger partial charge in [0.05, 0.1) is 28.8 Å². The number of nitrogens with zero attached hydrogens (tertiary/aromatic N) is 3. The molecule has 0 bridgehead atoms. The minimum Gasteiger partial charge on any atom is -0.479 e. The van der Waals surface area contributed by atoms with Crippen LogP contribution < -0.4 is 25.6 Å². The number of carbonyl (C=O) groups excluding carboxylic acids is 6. The molecule has 0 spiro atoms. The number of sulfonamides is 1. The number of nitrogens with one attached hydrogen (secondary N) is 3. The van der Waals surface area contributed by atoms with E-state index < -0.39 is 93.5 Å². The third kappa shape index (κ3) is 12.2. The van der Waals surface area contributed by atoms with Gasteiger partial charge in [0, 0.05) is 53.4 Å². The quantitative estimate of drug-likeness (QED) is 0.0743. The number of halogens is 3. The summed E-state index contributed by atoms with van der Waals surface area (Å²) in [5.74, 6) is -7.86. The van der Waals surface area contributed by atoms with E-state index in [9.17, 15) is 37.2 Å². The number of imide groups is 1. The lowest BCUT2D eigenvalue weighted by Gasteiger charge is -2.45. The Labute approximate surface area is 466 Å². The molecule has 3 N–H and O–H groups in total. The molecule has 5 heterocycles. The summed E-state index contributed by atoms with van der Waals surface area (Å²) in [6, 6.07) is 19.8. The summed E-state index contributed by atoms with van der Waals surface area (Å²) in [5.41, 5.74) is 0.574. The molecule has 0 saturated carbocycles. The highest BCUT2D eigenvalue weighted by molar-refractivity contribution is 7.88. The van der Waals surface area contributed by atoms with Crippen LogP contribution in [-0.2, 0) is 39.6 Å². The van der Waals surface area contributed by atoms with Crippen LogP contribution in [0.15, 0.2) is 78.9 Å². The van der Waals surface area contributed by atoms with Crippen LogP contribution in [0.3, 0.4) is 0 Å². The monoisotopic (exact) mass is 1140 g/mol. The van der Waals surface area contributed by atoms with E-state index in [4.69, 9.17) is 25.8 Å². The average molecular weight is 1150 g/mol. The first kappa shape index (κ1) is 57.0. The minimum absolute atomic E-state index is 0.00400. The lowest BCUT2D eigenvalue weighted by Crippen LogP contribution is -2.55. The van der Waals surface area contributed by atoms with Gasteiger partial charge in [0.25, 0.3) is 11.8 Å². The largest absolute Gasteiger partial charge is 0.479 e. The number of hydrogen-bond donors (Lipinski definition) is 3. The minimum atomic E-state index is -3.93. The number of carbonyl (C=O) groups is 6. The highest BCUT2D eigenvalue weighted by Gasteiger charge is 2.49. The van der Waals surface area contributed by atoms with E-state index in [1.54, 1.807) is 77.9 Å². The van der Waals surface area contributed by atoms with Crippen molar-refractivity contribution in [1.29, 1.82) is 0 Å². The molecule has 5 amide bonds. The number of urea groups is 1. The maximum atomic E-state index is 16.4. The standard InChI is InChI=1S/C57H63ClF2N6O11S2/c1-54(2,3)76-44(68)29-75-47-46(58)48(78-49(47)52(71)77-55(4,5)6)33-13-10-15-35(27-33)61-36-22-25-65(56(7,8)28-36)79(73,74)30-32-12-9-14-34(26-32)62-53(72)64-24-23-40(57(59,60)31-64)37-18-19-39-45-38(37)16-11-17-41(45)66(51(39)70)42-20-21-43(67)63-50(42)69/h9-19,26-27,36,40,42,61H,20-25,28-31H2,1-8H3,(H,62,72)(H,63,67,69)/t36-,40?,42?/m0/s1. The second-order valence-electron chi connectivity index (χ2n) is 23.0. The lowest BCUT2D eigenvalue weighted by molar-refractivity contribution is -0.157. The van der Waals surface area contributed by atoms with Crippen LogP contribution >= 0.6 is 22.9 Å². The molecule has 4 aromatic carbocycles. The molecule has 4 aliphatic rings. The number of ether oxygens (including phenoxy) is 3. The summed E-state index contributed by atoms with van der Waals surface area (Å²) in [5, 5.41) is 9.56. The molecule has 4 aliphatic heterocycles. The van der Waals surface area contributed by atoms with Crippen molar-refractivity contribution in [1.82, 2.24) is 14.5 Å². The zero-order chi connectivity index (χ0) is 57.1. The van der Waals surface area contributed by atoms with Gasteiger partial charge < -0.3 is 29.7 Å². The third-order valence-corrected chi connectivity index (χ3v) is 17.9. The first-order valence-electron chi connectivity index (χ1n) is 26.0. The number of alkyl halides is 2. The predicted octanol–water partition coefficient (Wildman–Crippen LogP) is 10.5.